The zero-order valence-electron chi connectivity index (χ0n) is 17.1. The van der Waals surface area contributed by atoms with E-state index in [0.29, 0.717) is 23.4 Å². The van der Waals surface area contributed by atoms with Crippen LogP contribution < -0.4 is 9.80 Å². The summed E-state index contributed by atoms with van der Waals surface area (Å²) in [5.41, 5.74) is 2.61. The van der Waals surface area contributed by atoms with Crippen LogP contribution in [0.15, 0.2) is 78.9 Å². The van der Waals surface area contributed by atoms with Gasteiger partial charge in [-0.05, 0) is 61.4 Å². The molecule has 0 saturated heterocycles. The first-order valence-corrected chi connectivity index (χ1v) is 10.2. The average Bonchev–Trinajstić information content (AvgIpc) is 2.80. The molecule has 0 aromatic heterocycles. The highest BCUT2D eigenvalue weighted by Crippen LogP contribution is 2.42. The van der Waals surface area contributed by atoms with Gasteiger partial charge in [0, 0.05) is 23.0 Å². The number of rotatable bonds is 4. The number of nitrogens with zero attached hydrogens (tertiary/aromatic N) is 2. The number of carbonyl (C=O) groups excluding carboxylic acids is 2. The van der Waals surface area contributed by atoms with Crippen LogP contribution in [0.3, 0.4) is 0 Å². The molecule has 0 radical (unpaired) electrons. The third-order valence-electron chi connectivity index (χ3n) is 5.62. The van der Waals surface area contributed by atoms with E-state index in [1.54, 1.807) is 9.80 Å². The molecule has 0 saturated carbocycles. The molecule has 3 aromatic carbocycles. The Morgan fingerprint density at radius 3 is 2.32 bits per heavy atom. The fourth-order valence-corrected chi connectivity index (χ4v) is 4.23. The van der Waals surface area contributed by atoms with Crippen LogP contribution in [0.4, 0.5) is 15.8 Å². The van der Waals surface area contributed by atoms with Crippen LogP contribution in [0.25, 0.3) is 0 Å². The van der Waals surface area contributed by atoms with E-state index < -0.39 is 18.3 Å². The fraction of sp³-hybridized carbons (Fsp3) is 0.200. The van der Waals surface area contributed by atoms with E-state index in [4.69, 9.17) is 0 Å². The second-order valence-electron chi connectivity index (χ2n) is 7.60. The van der Waals surface area contributed by atoms with E-state index in [1.165, 1.54) is 24.3 Å². The quantitative estimate of drug-likeness (QED) is 0.686. The van der Waals surface area contributed by atoms with Gasteiger partial charge in [-0.1, -0.05) is 36.4 Å². The maximum absolute atomic E-state index is 13.3. The first-order chi connectivity index (χ1) is 15.0. The number of benzene rings is 3. The van der Waals surface area contributed by atoms with Gasteiger partial charge < -0.3 is 14.9 Å². The maximum atomic E-state index is 13.3. The Hall–Kier alpha value is -3.51. The van der Waals surface area contributed by atoms with Crippen LogP contribution in [-0.4, -0.2) is 29.6 Å². The molecule has 4 rings (SSSR count). The standard InChI is InChI=1S/C25H23FN2O3/c1-17-15-23(28(24(30)16-29)20-7-3-2-4-8-20)21-9-5-6-10-22(21)27(17)25(31)18-11-13-19(26)14-12-18/h2-14,17,23,29H,15-16H2,1H3. The lowest BCUT2D eigenvalue weighted by atomic mass is 9.89. The molecular formula is C25H23FN2O3. The molecule has 1 N–H and O–H groups in total. The van der Waals surface area contributed by atoms with Gasteiger partial charge in [0.05, 0.1) is 6.04 Å². The van der Waals surface area contributed by atoms with Crippen LogP contribution in [0.5, 0.6) is 0 Å². The van der Waals surface area contributed by atoms with Gasteiger partial charge in [-0.25, -0.2) is 4.39 Å². The van der Waals surface area contributed by atoms with Gasteiger partial charge in [-0.15, -0.1) is 0 Å². The molecule has 0 aliphatic carbocycles. The molecule has 1 aliphatic rings. The smallest absolute Gasteiger partial charge is 0.258 e. The fourth-order valence-electron chi connectivity index (χ4n) is 4.23. The molecule has 6 heteroatoms. The van der Waals surface area contributed by atoms with Crippen molar-refractivity contribution in [2.45, 2.75) is 25.4 Å². The van der Waals surface area contributed by atoms with Crippen molar-refractivity contribution in [3.63, 3.8) is 0 Å². The summed E-state index contributed by atoms with van der Waals surface area (Å²) >= 11 is 0. The van der Waals surface area contributed by atoms with Crippen LogP contribution in [-0.2, 0) is 4.79 Å². The van der Waals surface area contributed by atoms with Gasteiger partial charge in [0.25, 0.3) is 11.8 Å². The normalized spacial score (nSPS) is 17.7. The first kappa shape index (κ1) is 20.8. The number of hydrogen-bond acceptors (Lipinski definition) is 3. The third kappa shape index (κ3) is 3.94. The second-order valence-corrected chi connectivity index (χ2v) is 7.60. The van der Waals surface area contributed by atoms with Crippen LogP contribution in [0, 0.1) is 5.82 Å². The Bertz CT molecular complexity index is 1090. The molecule has 31 heavy (non-hydrogen) atoms. The van der Waals surface area contributed by atoms with Crippen molar-refractivity contribution in [1.29, 1.82) is 0 Å². The summed E-state index contributed by atoms with van der Waals surface area (Å²) in [6.45, 7) is 1.32. The predicted octanol–water partition coefficient (Wildman–Crippen LogP) is 4.33. The summed E-state index contributed by atoms with van der Waals surface area (Å²) in [6.07, 6.45) is 0.491. The van der Waals surface area contributed by atoms with Crippen molar-refractivity contribution >= 4 is 23.2 Å². The minimum Gasteiger partial charge on any atom is -0.387 e. The van der Waals surface area contributed by atoms with Crippen molar-refractivity contribution in [1.82, 2.24) is 0 Å². The van der Waals surface area contributed by atoms with E-state index in [0.717, 1.165) is 5.56 Å². The molecule has 158 valence electrons. The summed E-state index contributed by atoms with van der Waals surface area (Å²) in [5, 5.41) is 9.64. The highest BCUT2D eigenvalue weighted by atomic mass is 19.1. The van der Waals surface area contributed by atoms with E-state index in [9.17, 15) is 19.1 Å². The molecule has 0 bridgehead atoms. The lowest BCUT2D eigenvalue weighted by Crippen LogP contribution is -2.48. The van der Waals surface area contributed by atoms with E-state index in [1.807, 2.05) is 61.5 Å². The SMILES string of the molecule is CC1CC(N(C(=O)CO)c2ccccc2)c2ccccc2N1C(=O)c1ccc(F)cc1. The zero-order valence-corrected chi connectivity index (χ0v) is 17.1. The van der Waals surface area contributed by atoms with Crippen molar-refractivity contribution in [3.8, 4) is 0 Å². The summed E-state index contributed by atoms with van der Waals surface area (Å²) in [5.74, 6) is -1.03. The van der Waals surface area contributed by atoms with Gasteiger partial charge in [-0.3, -0.25) is 9.59 Å². The number of aliphatic hydroxyl groups excluding tert-OH is 1. The summed E-state index contributed by atoms with van der Waals surface area (Å²) < 4.78 is 13.3. The van der Waals surface area contributed by atoms with Crippen LogP contribution >= 0.6 is 0 Å². The Kier molecular flexibility index (Phi) is 5.82. The second kappa shape index (κ2) is 8.70. The number of fused-ring (bicyclic) bond motifs is 1. The monoisotopic (exact) mass is 418 g/mol. The molecule has 0 fully saturated rings. The summed E-state index contributed by atoms with van der Waals surface area (Å²) in [6, 6.07) is 21.6. The Morgan fingerprint density at radius 2 is 1.65 bits per heavy atom. The predicted molar refractivity (Wildman–Crippen MR) is 117 cm³/mol. The molecular weight excluding hydrogens is 395 g/mol. The number of anilines is 2. The van der Waals surface area contributed by atoms with Crippen LogP contribution in [0.1, 0.15) is 35.3 Å². The number of aliphatic hydroxyl groups is 1. The van der Waals surface area contributed by atoms with Crippen molar-refractivity contribution in [2.75, 3.05) is 16.4 Å². The molecule has 2 unspecified atom stereocenters. The van der Waals surface area contributed by atoms with E-state index >= 15 is 0 Å². The Morgan fingerprint density at radius 1 is 1.00 bits per heavy atom. The maximum Gasteiger partial charge on any atom is 0.258 e. The number of hydrogen-bond donors (Lipinski definition) is 1. The van der Waals surface area contributed by atoms with Crippen molar-refractivity contribution in [2.24, 2.45) is 0 Å². The average molecular weight is 418 g/mol. The van der Waals surface area contributed by atoms with Gasteiger partial charge in [-0.2, -0.15) is 0 Å². The summed E-state index contributed by atoms with van der Waals surface area (Å²) in [4.78, 5) is 29.4. The van der Waals surface area contributed by atoms with Crippen molar-refractivity contribution in [3.05, 3.63) is 95.8 Å². The molecule has 3 aromatic rings. The molecule has 5 nitrogen and oxygen atoms in total. The minimum atomic E-state index is -0.611. The topological polar surface area (TPSA) is 60.9 Å². The lowest BCUT2D eigenvalue weighted by Gasteiger charge is -2.43. The van der Waals surface area contributed by atoms with E-state index in [-0.39, 0.29) is 18.0 Å². The van der Waals surface area contributed by atoms with E-state index in [2.05, 4.69) is 0 Å². The summed E-state index contributed by atoms with van der Waals surface area (Å²) in [7, 11) is 0. The Balaban J connectivity index is 1.78. The first-order valence-electron chi connectivity index (χ1n) is 10.2. The minimum absolute atomic E-state index is 0.224. The third-order valence-corrected chi connectivity index (χ3v) is 5.62. The van der Waals surface area contributed by atoms with Crippen molar-refractivity contribution < 1.29 is 19.1 Å². The molecule has 1 heterocycles. The largest absolute Gasteiger partial charge is 0.387 e. The van der Waals surface area contributed by atoms with Gasteiger partial charge in [0.15, 0.2) is 0 Å². The number of para-hydroxylation sites is 2. The molecule has 0 spiro atoms. The number of carbonyl (C=O) groups is 2. The van der Waals surface area contributed by atoms with Gasteiger partial charge >= 0.3 is 0 Å². The zero-order chi connectivity index (χ0) is 22.0. The highest BCUT2D eigenvalue weighted by molar-refractivity contribution is 6.07. The van der Waals surface area contributed by atoms with Crippen LogP contribution in [0.2, 0.25) is 0 Å². The lowest BCUT2D eigenvalue weighted by molar-refractivity contribution is -0.121. The molecule has 2 atom stereocenters. The number of amides is 2. The van der Waals surface area contributed by atoms with Gasteiger partial charge in [0.1, 0.15) is 12.4 Å². The van der Waals surface area contributed by atoms with Gasteiger partial charge in [0.2, 0.25) is 0 Å². The number of halogens is 1. The molecule has 1 aliphatic heterocycles. The molecule has 2 amide bonds. The highest BCUT2D eigenvalue weighted by Gasteiger charge is 2.38. The Labute approximate surface area is 180 Å².